The van der Waals surface area contributed by atoms with Gasteiger partial charge in [0.1, 0.15) is 0 Å². The lowest BCUT2D eigenvalue weighted by Gasteiger charge is -2.32. The maximum Gasteiger partial charge on any atom is 0.309 e. The molecule has 2 atom stereocenters. The molecule has 0 saturated heterocycles. The molecule has 0 aromatic carbocycles. The van der Waals surface area contributed by atoms with Gasteiger partial charge >= 0.3 is 5.97 Å². The largest absolute Gasteiger partial charge is 0.481 e. The molecular weight excluding hydrogens is 140 g/mol. The molecule has 1 fully saturated rings. The Morgan fingerprint density at radius 2 is 2.27 bits per heavy atom. The summed E-state index contributed by atoms with van der Waals surface area (Å²) in [5, 5.41) is 8.92. The number of carboxylic acid groups (broad SMARTS) is 1. The third kappa shape index (κ3) is 1.73. The fourth-order valence-electron chi connectivity index (χ4n) is 2.01. The minimum atomic E-state index is -0.621. The summed E-state index contributed by atoms with van der Waals surface area (Å²) in [5.74, 6) is -0.0334. The van der Waals surface area contributed by atoms with Crippen molar-refractivity contribution in [1.29, 1.82) is 0 Å². The lowest BCUT2D eigenvalue weighted by Crippen LogP contribution is -2.32. The Kier molecular flexibility index (Phi) is 2.21. The molecule has 0 aromatic heterocycles. The maximum atomic E-state index is 10.8. The summed E-state index contributed by atoms with van der Waals surface area (Å²) in [7, 11) is 0. The highest BCUT2D eigenvalue weighted by molar-refractivity contribution is 5.74. The highest BCUT2D eigenvalue weighted by atomic mass is 16.4. The van der Waals surface area contributed by atoms with E-state index in [9.17, 15) is 4.79 Å². The number of hydrogen-bond acceptors (Lipinski definition) is 1. The first kappa shape index (κ1) is 8.57. The van der Waals surface area contributed by atoms with Crippen molar-refractivity contribution in [3.63, 3.8) is 0 Å². The fourth-order valence-corrected chi connectivity index (χ4v) is 2.01. The lowest BCUT2D eigenvalue weighted by molar-refractivity contribution is -0.150. The quantitative estimate of drug-likeness (QED) is 0.632. The van der Waals surface area contributed by atoms with Gasteiger partial charge in [-0.2, -0.15) is 0 Å². The SMILES string of the molecule is C[C@@H]1CCC[C@@](C)(C(=O)O)C1. The van der Waals surface area contributed by atoms with Crippen LogP contribution in [0.1, 0.15) is 39.5 Å². The van der Waals surface area contributed by atoms with Crippen molar-refractivity contribution >= 4 is 5.97 Å². The van der Waals surface area contributed by atoms with Crippen LogP contribution in [-0.2, 0) is 4.79 Å². The Morgan fingerprint density at radius 3 is 2.64 bits per heavy atom. The average Bonchev–Trinajstić information content (AvgIpc) is 1.86. The Balaban J connectivity index is 2.63. The van der Waals surface area contributed by atoms with E-state index >= 15 is 0 Å². The molecule has 1 rings (SSSR count). The molecular formula is C9H16O2. The van der Waals surface area contributed by atoms with Crippen LogP contribution in [0.4, 0.5) is 0 Å². The molecule has 2 nitrogen and oxygen atoms in total. The van der Waals surface area contributed by atoms with Crippen molar-refractivity contribution in [2.45, 2.75) is 39.5 Å². The lowest BCUT2D eigenvalue weighted by atomic mass is 9.71. The third-order valence-electron chi connectivity index (χ3n) is 2.74. The average molecular weight is 156 g/mol. The maximum absolute atomic E-state index is 10.8. The zero-order valence-corrected chi connectivity index (χ0v) is 7.26. The van der Waals surface area contributed by atoms with E-state index in [1.54, 1.807) is 0 Å². The molecule has 0 bridgehead atoms. The molecule has 2 heteroatoms. The smallest absolute Gasteiger partial charge is 0.309 e. The standard InChI is InChI=1S/C9H16O2/c1-7-4-3-5-9(2,6-7)8(10)11/h7H,3-6H2,1-2H3,(H,10,11)/t7-,9-/m1/s1. The Bertz CT molecular complexity index is 165. The summed E-state index contributed by atoms with van der Waals surface area (Å²) in [6.07, 6.45) is 3.97. The van der Waals surface area contributed by atoms with Gasteiger partial charge in [-0.1, -0.05) is 19.8 Å². The van der Waals surface area contributed by atoms with E-state index in [2.05, 4.69) is 6.92 Å². The summed E-state index contributed by atoms with van der Waals surface area (Å²) < 4.78 is 0. The van der Waals surface area contributed by atoms with Gasteiger partial charge in [0.2, 0.25) is 0 Å². The van der Waals surface area contributed by atoms with Crippen molar-refractivity contribution in [1.82, 2.24) is 0 Å². The zero-order chi connectivity index (χ0) is 8.48. The minimum Gasteiger partial charge on any atom is -0.481 e. The molecule has 0 aromatic rings. The molecule has 1 aliphatic carbocycles. The zero-order valence-electron chi connectivity index (χ0n) is 7.26. The molecule has 1 N–H and O–H groups in total. The second-order valence-electron chi connectivity index (χ2n) is 4.07. The van der Waals surface area contributed by atoms with Crippen molar-refractivity contribution < 1.29 is 9.90 Å². The molecule has 0 spiro atoms. The van der Waals surface area contributed by atoms with E-state index in [1.807, 2.05) is 6.92 Å². The minimum absolute atomic E-state index is 0.433. The van der Waals surface area contributed by atoms with Gasteiger partial charge in [-0.25, -0.2) is 0 Å². The first-order valence-electron chi connectivity index (χ1n) is 4.28. The van der Waals surface area contributed by atoms with E-state index in [-0.39, 0.29) is 0 Å². The molecule has 11 heavy (non-hydrogen) atoms. The van der Waals surface area contributed by atoms with Crippen LogP contribution in [-0.4, -0.2) is 11.1 Å². The van der Waals surface area contributed by atoms with Crippen LogP contribution in [0.3, 0.4) is 0 Å². The third-order valence-corrected chi connectivity index (χ3v) is 2.74. The van der Waals surface area contributed by atoms with Gasteiger partial charge in [0.25, 0.3) is 0 Å². The summed E-state index contributed by atoms with van der Waals surface area (Å²) in [5.41, 5.74) is -0.433. The van der Waals surface area contributed by atoms with Gasteiger partial charge in [0.15, 0.2) is 0 Å². The number of rotatable bonds is 1. The molecule has 0 amide bonds. The normalized spacial score (nSPS) is 38.5. The second-order valence-corrected chi connectivity index (χ2v) is 4.07. The van der Waals surface area contributed by atoms with Gasteiger partial charge in [0.05, 0.1) is 5.41 Å². The molecule has 1 saturated carbocycles. The van der Waals surface area contributed by atoms with Gasteiger partial charge in [0, 0.05) is 0 Å². The van der Waals surface area contributed by atoms with Crippen LogP contribution in [0.5, 0.6) is 0 Å². The summed E-state index contributed by atoms with van der Waals surface area (Å²) in [6.45, 7) is 4.01. The van der Waals surface area contributed by atoms with Crippen LogP contribution in [0.25, 0.3) is 0 Å². The Labute approximate surface area is 67.6 Å². The van der Waals surface area contributed by atoms with E-state index < -0.39 is 11.4 Å². The van der Waals surface area contributed by atoms with Gasteiger partial charge < -0.3 is 5.11 Å². The van der Waals surface area contributed by atoms with E-state index in [0.717, 1.165) is 19.3 Å². The van der Waals surface area contributed by atoms with Crippen molar-refractivity contribution in [3.8, 4) is 0 Å². The van der Waals surface area contributed by atoms with E-state index in [4.69, 9.17) is 5.11 Å². The van der Waals surface area contributed by atoms with Crippen LogP contribution in [0.2, 0.25) is 0 Å². The second kappa shape index (κ2) is 2.84. The first-order valence-corrected chi connectivity index (χ1v) is 4.28. The van der Waals surface area contributed by atoms with Crippen molar-refractivity contribution in [2.24, 2.45) is 11.3 Å². The highest BCUT2D eigenvalue weighted by Gasteiger charge is 2.36. The predicted octanol–water partition coefficient (Wildman–Crippen LogP) is 2.29. The summed E-state index contributed by atoms with van der Waals surface area (Å²) in [6, 6.07) is 0. The highest BCUT2D eigenvalue weighted by Crippen LogP contribution is 2.38. The number of hydrogen-bond donors (Lipinski definition) is 1. The van der Waals surface area contributed by atoms with Crippen LogP contribution in [0, 0.1) is 11.3 Å². The Morgan fingerprint density at radius 1 is 1.64 bits per heavy atom. The van der Waals surface area contributed by atoms with Crippen LogP contribution < -0.4 is 0 Å². The topological polar surface area (TPSA) is 37.3 Å². The monoisotopic (exact) mass is 156 g/mol. The molecule has 0 radical (unpaired) electrons. The van der Waals surface area contributed by atoms with Crippen molar-refractivity contribution in [2.75, 3.05) is 0 Å². The number of aliphatic carboxylic acids is 1. The first-order chi connectivity index (χ1) is 5.04. The van der Waals surface area contributed by atoms with E-state index in [0.29, 0.717) is 5.92 Å². The molecule has 64 valence electrons. The fraction of sp³-hybridized carbons (Fsp3) is 0.889. The van der Waals surface area contributed by atoms with Gasteiger partial charge in [-0.15, -0.1) is 0 Å². The number of carbonyl (C=O) groups is 1. The number of carboxylic acids is 1. The summed E-state index contributed by atoms with van der Waals surface area (Å²) in [4.78, 5) is 10.8. The van der Waals surface area contributed by atoms with Crippen LogP contribution >= 0.6 is 0 Å². The predicted molar refractivity (Wildman–Crippen MR) is 43.4 cm³/mol. The Hall–Kier alpha value is -0.530. The molecule has 0 heterocycles. The van der Waals surface area contributed by atoms with Crippen LogP contribution in [0.15, 0.2) is 0 Å². The summed E-state index contributed by atoms with van der Waals surface area (Å²) >= 11 is 0. The van der Waals surface area contributed by atoms with Crippen molar-refractivity contribution in [3.05, 3.63) is 0 Å². The molecule has 1 aliphatic rings. The van der Waals surface area contributed by atoms with Gasteiger partial charge in [-0.3, -0.25) is 4.79 Å². The van der Waals surface area contributed by atoms with Gasteiger partial charge in [-0.05, 0) is 25.7 Å². The molecule has 0 unspecified atom stereocenters. The van der Waals surface area contributed by atoms with E-state index in [1.165, 1.54) is 6.42 Å². The molecule has 0 aliphatic heterocycles.